The van der Waals surface area contributed by atoms with E-state index in [0.717, 1.165) is 11.5 Å². The van der Waals surface area contributed by atoms with Gasteiger partial charge in [0, 0.05) is 0 Å². The van der Waals surface area contributed by atoms with Crippen molar-refractivity contribution in [2.45, 2.75) is 0 Å². The third kappa shape index (κ3) is 0.784. The Balaban J connectivity index is 2.93. The molecule has 0 aromatic carbocycles. The van der Waals surface area contributed by atoms with E-state index in [4.69, 9.17) is 0 Å². The lowest BCUT2D eigenvalue weighted by Crippen LogP contribution is -1.96. The van der Waals surface area contributed by atoms with E-state index in [0.29, 0.717) is 0 Å². The molecule has 0 radical (unpaired) electrons. The first-order chi connectivity index (χ1) is 3.80. The lowest BCUT2D eigenvalue weighted by atomic mass is 10.9. The monoisotopic (exact) mass is 132 g/mol. The Bertz CT molecular complexity index is 183. The van der Waals surface area contributed by atoms with Crippen LogP contribution in [0.5, 0.6) is 0 Å². The van der Waals surface area contributed by atoms with E-state index in [9.17, 15) is 10.1 Å². The molecule has 8 heavy (non-hydrogen) atoms. The van der Waals surface area contributed by atoms with Gasteiger partial charge in [-0.3, -0.25) is 10.1 Å². The fourth-order valence-electron chi connectivity index (χ4n) is 0.267. The van der Waals surface area contributed by atoms with Gasteiger partial charge in [0.05, 0.1) is 9.41 Å². The molecule has 5 nitrogen and oxygen atoms in total. The molecule has 1 aromatic heterocycles. The van der Waals surface area contributed by atoms with Crippen molar-refractivity contribution in [3.8, 4) is 0 Å². The van der Waals surface area contributed by atoms with E-state index in [-0.39, 0.29) is 5.00 Å². The molecule has 0 saturated heterocycles. The van der Waals surface area contributed by atoms with E-state index < -0.39 is 4.92 Å². The maximum atomic E-state index is 9.82. The average molecular weight is 132 g/mol. The van der Waals surface area contributed by atoms with Gasteiger partial charge in [-0.15, -0.1) is 0 Å². The van der Waals surface area contributed by atoms with Gasteiger partial charge >= 0.3 is 5.00 Å². The first-order valence-corrected chi connectivity index (χ1v) is 2.55. The van der Waals surface area contributed by atoms with Crippen molar-refractivity contribution in [1.29, 1.82) is 0 Å². The van der Waals surface area contributed by atoms with Crippen LogP contribution in [0, 0.1) is 10.1 Å². The number of nitro groups is 1. The Morgan fingerprint density at radius 3 is 3.00 bits per heavy atom. The maximum absolute atomic E-state index is 9.82. The first-order valence-electron chi connectivity index (χ1n) is 1.78. The molecule has 0 unspecified atom stereocenters. The molecule has 0 aliphatic carbocycles. The standard InChI is InChI=1S/C2HN3O2S/c6-5(7)2-1-3-4-8-2/h1H/p+1. The highest BCUT2D eigenvalue weighted by molar-refractivity contribution is 7.08. The minimum absolute atomic E-state index is 0.0324. The molecule has 6 heteroatoms. The lowest BCUT2D eigenvalue weighted by molar-refractivity contribution is -0.454. The minimum Gasteiger partial charge on any atom is -0.257 e. The van der Waals surface area contributed by atoms with Gasteiger partial charge in [0.2, 0.25) is 0 Å². The van der Waals surface area contributed by atoms with Crippen molar-refractivity contribution in [1.82, 2.24) is 4.49 Å². The quantitative estimate of drug-likeness (QED) is 0.394. The zero-order valence-electron chi connectivity index (χ0n) is 3.70. The molecule has 1 N–H and O–H groups in total. The Labute approximate surface area is 48.3 Å². The molecule has 0 spiro atoms. The summed E-state index contributed by atoms with van der Waals surface area (Å²) in [4.78, 5) is 9.33. The van der Waals surface area contributed by atoms with Crippen LogP contribution in [0.2, 0.25) is 0 Å². The Kier molecular flexibility index (Phi) is 1.17. The van der Waals surface area contributed by atoms with E-state index in [1.807, 2.05) is 0 Å². The summed E-state index contributed by atoms with van der Waals surface area (Å²) in [6.07, 6.45) is 1.24. The number of hydrogen-bond donors (Lipinski definition) is 0. The summed E-state index contributed by atoms with van der Waals surface area (Å²) >= 11 is 0.826. The largest absolute Gasteiger partial charge is 0.412 e. The number of rotatable bonds is 1. The molecular weight excluding hydrogens is 130 g/mol. The fraction of sp³-hybridized carbons (Fsp3) is 0. The lowest BCUT2D eigenvalue weighted by Gasteiger charge is -1.71. The topological polar surface area (TPSA) is 70.2 Å². The second-order valence-electron chi connectivity index (χ2n) is 1.05. The van der Waals surface area contributed by atoms with Crippen LogP contribution in [-0.4, -0.2) is 9.41 Å². The second-order valence-corrected chi connectivity index (χ2v) is 1.83. The molecule has 1 heterocycles. The summed E-state index contributed by atoms with van der Waals surface area (Å²) in [5.74, 6) is 0. The van der Waals surface area contributed by atoms with Crippen LogP contribution in [0.25, 0.3) is 0 Å². The second kappa shape index (κ2) is 1.83. The Hall–Kier alpha value is -1.04. The van der Waals surface area contributed by atoms with Crippen molar-refractivity contribution in [2.75, 3.05) is 0 Å². The molecule has 0 aliphatic heterocycles. The number of hydrogen-bond acceptors (Lipinski definition) is 4. The van der Waals surface area contributed by atoms with Gasteiger partial charge in [-0.1, -0.05) is 5.10 Å². The van der Waals surface area contributed by atoms with Gasteiger partial charge in [0.15, 0.2) is 0 Å². The van der Waals surface area contributed by atoms with Crippen molar-refractivity contribution in [3.63, 3.8) is 0 Å². The molecule has 1 rings (SSSR count). The zero-order chi connectivity index (χ0) is 5.98. The van der Waals surface area contributed by atoms with Gasteiger partial charge < -0.3 is 0 Å². The van der Waals surface area contributed by atoms with Gasteiger partial charge in [-0.05, 0) is 0 Å². The predicted molar refractivity (Wildman–Crippen MR) is 25.3 cm³/mol. The molecule has 0 atom stereocenters. The summed E-state index contributed by atoms with van der Waals surface area (Å²) in [5.41, 5.74) is 0. The van der Waals surface area contributed by atoms with Crippen LogP contribution in [-0.2, 0) is 0 Å². The van der Waals surface area contributed by atoms with E-state index in [2.05, 4.69) is 9.59 Å². The van der Waals surface area contributed by atoms with Gasteiger partial charge in [-0.2, -0.15) is 0 Å². The number of aromatic amines is 1. The molecule has 42 valence electrons. The van der Waals surface area contributed by atoms with Crippen LogP contribution in [0.4, 0.5) is 5.00 Å². The summed E-state index contributed by atoms with van der Waals surface area (Å²) in [5, 5.41) is 12.2. The van der Waals surface area contributed by atoms with Crippen LogP contribution < -0.4 is 5.10 Å². The van der Waals surface area contributed by atoms with Gasteiger partial charge in [-0.25, -0.2) is 0 Å². The smallest absolute Gasteiger partial charge is 0.257 e. The summed E-state index contributed by atoms with van der Waals surface area (Å²) in [6.45, 7) is 0. The molecule has 0 bridgehead atoms. The van der Waals surface area contributed by atoms with Crippen molar-refractivity contribution in [3.05, 3.63) is 16.3 Å². The summed E-state index contributed by atoms with van der Waals surface area (Å²) < 4.78 is 3.42. The normalized spacial score (nSPS) is 9.00. The number of aromatic nitrogens is 2. The fourth-order valence-corrected chi connectivity index (χ4v) is 0.638. The maximum Gasteiger partial charge on any atom is 0.412 e. The summed E-state index contributed by atoms with van der Waals surface area (Å²) in [7, 11) is 0. The van der Waals surface area contributed by atoms with Crippen molar-refractivity contribution < 1.29 is 10.0 Å². The number of nitrogens with one attached hydrogen (secondary N) is 1. The van der Waals surface area contributed by atoms with Crippen molar-refractivity contribution >= 4 is 16.5 Å². The Morgan fingerprint density at radius 2 is 2.75 bits per heavy atom. The number of H-pyrrole nitrogens is 1. The number of nitrogens with zero attached hydrogens (tertiary/aromatic N) is 2. The SMILES string of the molecule is O=[N+]([O-])c1c[nH+]ns1. The third-order valence-corrected chi connectivity index (χ3v) is 1.21. The van der Waals surface area contributed by atoms with Crippen LogP contribution in [0.15, 0.2) is 6.20 Å². The van der Waals surface area contributed by atoms with Crippen LogP contribution in [0.1, 0.15) is 0 Å². The predicted octanol–water partition coefficient (Wildman–Crippen LogP) is -0.135. The molecule has 0 aliphatic rings. The van der Waals surface area contributed by atoms with E-state index in [1.165, 1.54) is 6.20 Å². The van der Waals surface area contributed by atoms with E-state index in [1.54, 1.807) is 0 Å². The highest BCUT2D eigenvalue weighted by Gasteiger charge is 2.10. The highest BCUT2D eigenvalue weighted by Crippen LogP contribution is 2.08. The van der Waals surface area contributed by atoms with Crippen LogP contribution >= 0.6 is 11.5 Å². The Morgan fingerprint density at radius 1 is 2.00 bits per heavy atom. The molecule has 0 fully saturated rings. The highest BCUT2D eigenvalue weighted by atomic mass is 32.1. The minimum atomic E-state index is -0.492. The molecule has 0 amide bonds. The average Bonchev–Trinajstić information content (AvgIpc) is 2.12. The van der Waals surface area contributed by atoms with E-state index >= 15 is 0 Å². The third-order valence-electron chi connectivity index (χ3n) is 0.560. The zero-order valence-corrected chi connectivity index (χ0v) is 4.51. The molecule has 0 saturated carbocycles. The van der Waals surface area contributed by atoms with Gasteiger partial charge in [0.1, 0.15) is 11.5 Å². The molecule has 1 aromatic rings. The summed E-state index contributed by atoms with van der Waals surface area (Å²) in [6, 6.07) is 0. The van der Waals surface area contributed by atoms with Gasteiger partial charge in [0.25, 0.3) is 6.20 Å². The molecular formula is C2H2N3O2S+. The van der Waals surface area contributed by atoms with Crippen LogP contribution in [0.3, 0.4) is 0 Å². The first kappa shape index (κ1) is 5.10. The van der Waals surface area contributed by atoms with Crippen molar-refractivity contribution in [2.24, 2.45) is 0 Å².